The Morgan fingerprint density at radius 3 is 1.20 bits per heavy atom. The number of hydrogen-bond acceptors (Lipinski definition) is 0. The van der Waals surface area contributed by atoms with Crippen molar-refractivity contribution in [2.24, 2.45) is 0 Å². The Morgan fingerprint density at radius 1 is 1.20 bits per heavy atom. The van der Waals surface area contributed by atoms with Crippen LogP contribution in [0.2, 0.25) is 0 Å². The molecule has 0 aromatic rings. The quantitative estimate of drug-likeness (QED) is 0.530. The Kier molecular flexibility index (Phi) is 149. The van der Waals surface area contributed by atoms with E-state index in [0.29, 0.717) is 0 Å². The van der Waals surface area contributed by atoms with Crippen LogP contribution in [0.1, 0.15) is 11.4 Å². The molecule has 0 aliphatic rings. The van der Waals surface area contributed by atoms with Crippen LogP contribution < -0.4 is 0 Å². The number of halogens is 1. The van der Waals surface area contributed by atoms with E-state index in [9.17, 15) is 0 Å². The van der Waals surface area contributed by atoms with E-state index in [2.05, 4.69) is 0 Å². The summed E-state index contributed by atoms with van der Waals surface area (Å²) < 4.78 is 0. The van der Waals surface area contributed by atoms with Crippen LogP contribution in [0.5, 0.6) is 0 Å². The molecule has 0 atom stereocenters. The molecule has 0 aliphatic heterocycles. The molecule has 0 nitrogen and oxygen atoms in total. The normalized spacial score (nSPS) is 0. The largest absolute Gasteiger partial charge is 2.00 e. The summed E-state index contributed by atoms with van der Waals surface area (Å²) in [7, 11) is 0. The van der Waals surface area contributed by atoms with Crippen molar-refractivity contribution in [1.82, 2.24) is 0 Å². The van der Waals surface area contributed by atoms with Gasteiger partial charge < -0.3 is 11.4 Å². The Morgan fingerprint density at radius 2 is 1.20 bits per heavy atom. The predicted molar refractivity (Wildman–Crippen MR) is 34.4 cm³/mol. The van der Waals surface area contributed by atoms with Crippen LogP contribution in [0.15, 0.2) is 0 Å². The molecule has 0 saturated heterocycles. The molecular formula is H9BaCaFMgSr. The molecule has 0 aromatic carbocycles. The zero-order valence-electron chi connectivity index (χ0n) is 11.2. The van der Waals surface area contributed by atoms with Crippen LogP contribution in [0.25, 0.3) is 0 Å². The van der Waals surface area contributed by atoms with Crippen molar-refractivity contribution >= 4 is 155 Å². The molecule has 5 heteroatoms. The topological polar surface area (TPSA) is 0 Å². The third-order valence-corrected chi connectivity index (χ3v) is 0. The summed E-state index contributed by atoms with van der Waals surface area (Å²) in [6.45, 7) is 0. The number of hydrogen-bond donors (Lipinski definition) is 0. The molecule has 0 N–H and O–H groups in total. The van der Waals surface area contributed by atoms with E-state index < -0.39 is 0 Å². The summed E-state index contributed by atoms with van der Waals surface area (Å²) in [4.78, 5) is 0. The second kappa shape index (κ2) is 23.0. The maximum absolute atomic E-state index is 0. The van der Waals surface area contributed by atoms with Gasteiger partial charge in [-0.25, -0.2) is 0 Å². The van der Waals surface area contributed by atoms with E-state index in [1.54, 1.807) is 0 Å². The maximum atomic E-state index is 0. The maximum Gasteiger partial charge on any atom is 2.00 e. The first-order valence-electron chi connectivity index (χ1n) is 0. The van der Waals surface area contributed by atoms with E-state index in [1.165, 1.54) is 0 Å². The van der Waals surface area contributed by atoms with E-state index >= 15 is 0 Å². The van der Waals surface area contributed by atoms with E-state index in [0.717, 1.165) is 0 Å². The van der Waals surface area contributed by atoms with Crippen LogP contribution in [-0.4, -0.2) is 155 Å². The molecular weight excluding hydrogens is 308 g/mol. The van der Waals surface area contributed by atoms with Gasteiger partial charge in [0.15, 0.2) is 0 Å². The van der Waals surface area contributed by atoms with Crippen LogP contribution in [0.4, 0.5) is 4.70 Å². The van der Waals surface area contributed by atoms with Gasteiger partial charge in [0, 0.05) is 0 Å². The molecule has 0 aromatic heterocycles. The average molecular weight is 317 g/mol. The molecule has 0 bridgehead atoms. The molecule has 0 unspecified atom stereocenters. The molecule has 0 spiro atoms. The minimum absolute atomic E-state index is 0. The zero-order valence-corrected chi connectivity index (χ0v) is 14.8. The van der Waals surface area contributed by atoms with E-state index in [1.807, 2.05) is 0 Å². The molecule has 0 fully saturated rings. The second-order valence-electron chi connectivity index (χ2n) is 0. The van der Waals surface area contributed by atoms with Gasteiger partial charge in [0.05, 0.1) is 0 Å². The Hall–Kier alpha value is 5.01. The smallest absolute Gasteiger partial charge is 1.00 e. The standard InChI is InChI=1S/Ba.Ca.FH.Mg.Sr.8H/h;;1H;;;;;;;;;;/q2*+2;;2*+2;8*-1. The zero-order chi connectivity index (χ0) is 0. The first-order valence-corrected chi connectivity index (χ1v) is 0. The first-order chi connectivity index (χ1) is 0. The fourth-order valence-corrected chi connectivity index (χ4v) is 0. The van der Waals surface area contributed by atoms with Gasteiger partial charge in [-0.1, -0.05) is 0 Å². The molecule has 0 radical (unpaired) electrons. The van der Waals surface area contributed by atoms with Crippen molar-refractivity contribution < 1.29 is 16.1 Å². The minimum Gasteiger partial charge on any atom is -1.00 e. The van der Waals surface area contributed by atoms with Crippen molar-refractivity contribution in [3.8, 4) is 0 Å². The average Bonchev–Trinajstić information content (AvgIpc) is 0. The molecule has 24 valence electrons. The van der Waals surface area contributed by atoms with Gasteiger partial charge in [-0.2, -0.15) is 0 Å². The fraction of sp³-hybridized carbons (Fsp3) is 0. The molecule has 5 heavy (non-hydrogen) atoms. The van der Waals surface area contributed by atoms with Crippen LogP contribution >= 0.6 is 0 Å². The van der Waals surface area contributed by atoms with Crippen molar-refractivity contribution in [2.75, 3.05) is 0 Å². The minimum atomic E-state index is 0. The van der Waals surface area contributed by atoms with Gasteiger partial charge >= 0.3 is 155 Å². The summed E-state index contributed by atoms with van der Waals surface area (Å²) in [6, 6.07) is 0. The SMILES string of the molecule is F.[Ba+2].[Ca+2].[H-].[H-].[H-].[H-].[H-].[H-].[H-].[H-].[Mg+2].[Sr+2]. The van der Waals surface area contributed by atoms with Gasteiger partial charge in [0.25, 0.3) is 0 Å². The molecule has 0 aliphatic carbocycles. The number of rotatable bonds is 0. The third-order valence-electron chi connectivity index (χ3n) is 0. The van der Waals surface area contributed by atoms with E-state index in [4.69, 9.17) is 0 Å². The fourth-order valence-electron chi connectivity index (χ4n) is 0. The van der Waals surface area contributed by atoms with Gasteiger partial charge in [-0.15, -0.1) is 0 Å². The predicted octanol–water partition coefficient (Wildman–Crippen LogP) is -0.471. The van der Waals surface area contributed by atoms with Crippen LogP contribution in [-0.2, 0) is 0 Å². The van der Waals surface area contributed by atoms with Crippen molar-refractivity contribution in [3.05, 3.63) is 0 Å². The second-order valence-corrected chi connectivity index (χ2v) is 0. The Bertz CT molecular complexity index is 24.1. The molecule has 0 amide bonds. The summed E-state index contributed by atoms with van der Waals surface area (Å²) in [5.41, 5.74) is 0. The van der Waals surface area contributed by atoms with Crippen molar-refractivity contribution in [3.63, 3.8) is 0 Å². The molecule has 0 heterocycles. The summed E-state index contributed by atoms with van der Waals surface area (Å²) in [5.74, 6) is 0. The van der Waals surface area contributed by atoms with E-state index in [-0.39, 0.29) is 171 Å². The third kappa shape index (κ3) is 17.6. The summed E-state index contributed by atoms with van der Waals surface area (Å²) in [5, 5.41) is 0. The van der Waals surface area contributed by atoms with Gasteiger partial charge in [0.1, 0.15) is 0 Å². The molecule has 0 saturated carbocycles. The van der Waals surface area contributed by atoms with Gasteiger partial charge in [-0.3, -0.25) is 4.70 Å². The van der Waals surface area contributed by atoms with Crippen LogP contribution in [0, 0.1) is 0 Å². The summed E-state index contributed by atoms with van der Waals surface area (Å²) >= 11 is 0. The van der Waals surface area contributed by atoms with Gasteiger partial charge in [-0.05, 0) is 0 Å². The van der Waals surface area contributed by atoms with Gasteiger partial charge in [0.2, 0.25) is 0 Å². The monoisotopic (exact) mass is 318 g/mol. The Labute approximate surface area is 166 Å². The Balaban J connectivity index is 0. The first kappa shape index (κ1) is 32.4. The summed E-state index contributed by atoms with van der Waals surface area (Å²) in [6.07, 6.45) is 0. The van der Waals surface area contributed by atoms with Crippen LogP contribution in [0.3, 0.4) is 0 Å². The molecule has 0 rings (SSSR count). The van der Waals surface area contributed by atoms with Crippen molar-refractivity contribution in [1.29, 1.82) is 0 Å². The van der Waals surface area contributed by atoms with Crippen molar-refractivity contribution in [2.45, 2.75) is 0 Å².